The fourth-order valence-corrected chi connectivity index (χ4v) is 12.8. The first-order valence-corrected chi connectivity index (χ1v) is 17.7. The molecule has 0 saturated heterocycles. The molecule has 6 rings (SSSR count). The molecule has 6 heteroatoms. The van der Waals surface area contributed by atoms with Crippen LogP contribution in [0.3, 0.4) is 0 Å². The number of hydrogen-bond donors (Lipinski definition) is 2. The van der Waals surface area contributed by atoms with Crippen molar-refractivity contribution in [2.45, 2.75) is 112 Å². The van der Waals surface area contributed by atoms with E-state index in [-0.39, 0.29) is 45.4 Å². The van der Waals surface area contributed by atoms with Gasteiger partial charge in [-0.25, -0.2) is 4.79 Å². The van der Waals surface area contributed by atoms with E-state index >= 15 is 0 Å². The number of rotatable bonds is 6. The monoisotopic (exact) mass is 632 g/mol. The van der Waals surface area contributed by atoms with Gasteiger partial charge in [-0.2, -0.15) is 0 Å². The van der Waals surface area contributed by atoms with Crippen LogP contribution in [0.4, 0.5) is 0 Å². The third-order valence-electron chi connectivity index (χ3n) is 15.3. The molecule has 0 aliphatic heterocycles. The van der Waals surface area contributed by atoms with Crippen LogP contribution in [0.2, 0.25) is 0 Å². The lowest BCUT2D eigenvalue weighted by atomic mass is 9.32. The molecular weight excluding hydrogens is 576 g/mol. The summed E-state index contributed by atoms with van der Waals surface area (Å²) in [6.07, 6.45) is 13.0. The zero-order chi connectivity index (χ0) is 33.4. The number of aromatic hydroxyl groups is 1. The summed E-state index contributed by atoms with van der Waals surface area (Å²) in [5.74, 6) is 1.42. The Morgan fingerprint density at radius 1 is 0.913 bits per heavy atom. The summed E-state index contributed by atoms with van der Waals surface area (Å²) in [6.45, 7) is 18.8. The van der Waals surface area contributed by atoms with Crippen LogP contribution in [0, 0.1) is 56.7 Å². The van der Waals surface area contributed by atoms with Gasteiger partial charge in [0.05, 0.1) is 12.5 Å². The maximum atomic E-state index is 13.1. The molecule has 5 fully saturated rings. The highest BCUT2D eigenvalue weighted by molar-refractivity contribution is 5.87. The van der Waals surface area contributed by atoms with Gasteiger partial charge in [-0.15, -0.1) is 0 Å². The second kappa shape index (κ2) is 11.2. The summed E-state index contributed by atoms with van der Waals surface area (Å²) in [7, 11) is 1.50. The van der Waals surface area contributed by atoms with Crippen LogP contribution in [-0.2, 0) is 14.3 Å². The average molecular weight is 633 g/mol. The molecule has 0 bridgehead atoms. The maximum Gasteiger partial charge on any atom is 0.331 e. The van der Waals surface area contributed by atoms with E-state index in [1.54, 1.807) is 24.3 Å². The summed E-state index contributed by atoms with van der Waals surface area (Å²) in [4.78, 5) is 26.1. The first-order valence-electron chi connectivity index (χ1n) is 17.7. The smallest absolute Gasteiger partial charge is 0.331 e. The van der Waals surface area contributed by atoms with Crippen molar-refractivity contribution in [1.29, 1.82) is 0 Å². The quantitative estimate of drug-likeness (QED) is 0.185. The van der Waals surface area contributed by atoms with Crippen molar-refractivity contribution >= 4 is 18.0 Å². The summed E-state index contributed by atoms with van der Waals surface area (Å²) >= 11 is 0. The number of phenolic OH excluding ortho intramolecular Hbond substituents is 1. The minimum atomic E-state index is -0.592. The topological polar surface area (TPSA) is 93.1 Å². The number of carboxylic acids is 1. The van der Waals surface area contributed by atoms with E-state index in [2.05, 4.69) is 48.1 Å². The maximum absolute atomic E-state index is 13.1. The molecule has 10 atom stereocenters. The van der Waals surface area contributed by atoms with Gasteiger partial charge in [-0.1, -0.05) is 52.8 Å². The van der Waals surface area contributed by atoms with Crippen LogP contribution < -0.4 is 4.74 Å². The highest BCUT2D eigenvalue weighted by Gasteiger charge is 2.72. The van der Waals surface area contributed by atoms with Crippen LogP contribution in [0.25, 0.3) is 6.08 Å². The van der Waals surface area contributed by atoms with Crippen LogP contribution in [-0.4, -0.2) is 35.4 Å². The SMILES string of the molecule is C=C(C)[C@@H]1CC[C@]2(C(=O)O)CC[C@]3(C)[C@H](CC[C@@H]4[C@@]5(C)CC[C@H](OC(=O)C=Cc6ccc(O)c(OC)c6)C(C)(C)[C@@H]5CC[C@]43C)[C@@H]12. The van der Waals surface area contributed by atoms with Crippen LogP contribution >= 0.6 is 0 Å². The first-order chi connectivity index (χ1) is 21.5. The zero-order valence-corrected chi connectivity index (χ0v) is 29.2. The first kappa shape index (κ1) is 33.2. The van der Waals surface area contributed by atoms with Gasteiger partial charge in [0.2, 0.25) is 0 Å². The second-order valence-corrected chi connectivity index (χ2v) is 17.2. The summed E-state index contributed by atoms with van der Waals surface area (Å²) in [5.41, 5.74) is 1.54. The van der Waals surface area contributed by atoms with Gasteiger partial charge >= 0.3 is 11.9 Å². The van der Waals surface area contributed by atoms with E-state index < -0.39 is 11.4 Å². The minimum Gasteiger partial charge on any atom is -0.504 e. The Balaban J connectivity index is 1.23. The van der Waals surface area contributed by atoms with Crippen molar-refractivity contribution in [3.05, 3.63) is 42.0 Å². The lowest BCUT2D eigenvalue weighted by Gasteiger charge is -2.72. The molecule has 1 aromatic carbocycles. The molecule has 6 nitrogen and oxygen atoms in total. The highest BCUT2D eigenvalue weighted by Crippen LogP contribution is 2.77. The number of esters is 1. The van der Waals surface area contributed by atoms with E-state index in [1.165, 1.54) is 18.8 Å². The van der Waals surface area contributed by atoms with Gasteiger partial charge in [0.1, 0.15) is 6.10 Å². The van der Waals surface area contributed by atoms with Crippen molar-refractivity contribution in [2.75, 3.05) is 7.11 Å². The number of fused-ring (bicyclic) bond motifs is 7. The average Bonchev–Trinajstić information content (AvgIpc) is 3.40. The third-order valence-corrected chi connectivity index (χ3v) is 15.3. The highest BCUT2D eigenvalue weighted by atomic mass is 16.5. The molecule has 0 heterocycles. The van der Waals surface area contributed by atoms with E-state index in [1.807, 2.05) is 0 Å². The molecule has 5 saturated carbocycles. The fraction of sp³-hybridized carbons (Fsp3) is 0.700. The zero-order valence-electron chi connectivity index (χ0n) is 29.2. The number of carboxylic acid groups (broad SMARTS) is 1. The van der Waals surface area contributed by atoms with Crippen molar-refractivity contribution < 1.29 is 29.3 Å². The Bertz CT molecular complexity index is 1440. The molecule has 5 aliphatic carbocycles. The largest absolute Gasteiger partial charge is 0.504 e. The van der Waals surface area contributed by atoms with E-state index in [0.717, 1.165) is 69.8 Å². The number of methoxy groups -OCH3 is 1. The molecule has 0 aromatic heterocycles. The molecule has 0 spiro atoms. The summed E-state index contributed by atoms with van der Waals surface area (Å²) in [5, 5.41) is 20.5. The van der Waals surface area contributed by atoms with Crippen LogP contribution in [0.5, 0.6) is 11.5 Å². The van der Waals surface area contributed by atoms with E-state index in [0.29, 0.717) is 29.4 Å². The van der Waals surface area contributed by atoms with E-state index in [9.17, 15) is 19.8 Å². The Labute approximate surface area is 276 Å². The molecule has 252 valence electrons. The van der Waals surface area contributed by atoms with Crippen LogP contribution in [0.15, 0.2) is 36.4 Å². The Kier molecular flexibility index (Phi) is 8.04. The normalized spacial score (nSPS) is 42.7. The number of carbonyl (C=O) groups excluding carboxylic acids is 1. The third kappa shape index (κ3) is 4.62. The lowest BCUT2D eigenvalue weighted by molar-refractivity contribution is -0.250. The number of allylic oxidation sites excluding steroid dienone is 1. The number of ether oxygens (including phenoxy) is 2. The fourth-order valence-electron chi connectivity index (χ4n) is 12.8. The van der Waals surface area contributed by atoms with Gasteiger partial charge in [0, 0.05) is 11.5 Å². The Morgan fingerprint density at radius 2 is 1.65 bits per heavy atom. The molecule has 0 radical (unpaired) electrons. The van der Waals surface area contributed by atoms with Crippen molar-refractivity contribution in [2.24, 2.45) is 56.7 Å². The summed E-state index contributed by atoms with van der Waals surface area (Å²) < 4.78 is 11.4. The molecule has 1 aromatic rings. The van der Waals surface area contributed by atoms with Gasteiger partial charge in [0.15, 0.2) is 11.5 Å². The molecule has 5 aliphatic rings. The van der Waals surface area contributed by atoms with E-state index in [4.69, 9.17) is 9.47 Å². The molecule has 2 N–H and O–H groups in total. The predicted molar refractivity (Wildman–Crippen MR) is 180 cm³/mol. The molecular formula is C40H56O6. The number of phenols is 1. The van der Waals surface area contributed by atoms with Gasteiger partial charge in [-0.3, -0.25) is 4.79 Å². The molecule has 0 unspecified atom stereocenters. The molecule has 0 amide bonds. The van der Waals surface area contributed by atoms with Crippen LogP contribution in [0.1, 0.15) is 111 Å². The number of benzene rings is 1. The predicted octanol–water partition coefficient (Wildman–Crippen LogP) is 9.07. The van der Waals surface area contributed by atoms with Crippen molar-refractivity contribution in [1.82, 2.24) is 0 Å². The van der Waals surface area contributed by atoms with Crippen molar-refractivity contribution in [3.8, 4) is 11.5 Å². The second-order valence-electron chi connectivity index (χ2n) is 17.2. The van der Waals surface area contributed by atoms with Gasteiger partial charge in [-0.05, 0) is 141 Å². The Morgan fingerprint density at radius 3 is 2.33 bits per heavy atom. The standard InChI is InChI=1S/C40H56O6/c1-24(2)26-15-20-40(35(43)44)22-21-38(6)27(34(26)40)11-13-31-37(5)18-17-32(36(3,4)30(37)16-19-39(31,38)7)46-33(42)14-10-25-9-12-28(41)29(23-25)45-8/h9-10,12,14,23,26-27,30-32,34,41H,1,11,13,15-22H2,2-8H3,(H,43,44)/t26-,27+,30-,31+,32-,34+,37-,38+,39+,40-/m0/s1. The van der Waals surface area contributed by atoms with Crippen molar-refractivity contribution in [3.63, 3.8) is 0 Å². The minimum absolute atomic E-state index is 0.0618. The Hall–Kier alpha value is -2.76. The number of carbonyl (C=O) groups is 2. The van der Waals surface area contributed by atoms with Gasteiger partial charge < -0.3 is 19.7 Å². The summed E-state index contributed by atoms with van der Waals surface area (Å²) in [6, 6.07) is 5.00. The number of aliphatic carboxylic acids is 1. The lowest BCUT2D eigenvalue weighted by Crippen LogP contribution is -2.67. The molecule has 46 heavy (non-hydrogen) atoms. The number of hydrogen-bond acceptors (Lipinski definition) is 5. The van der Waals surface area contributed by atoms with Gasteiger partial charge in [0.25, 0.3) is 0 Å².